The number of hydrogen-bond acceptors (Lipinski definition) is 4. The Morgan fingerprint density at radius 1 is 1.37 bits per heavy atom. The van der Waals surface area contributed by atoms with Gasteiger partial charge in [0, 0.05) is 18.0 Å². The van der Waals surface area contributed by atoms with Crippen LogP contribution in [0.2, 0.25) is 0 Å². The zero-order valence-corrected chi connectivity index (χ0v) is 14.0. The van der Waals surface area contributed by atoms with Gasteiger partial charge in [-0.25, -0.2) is 8.42 Å². The molecule has 2 heterocycles. The van der Waals surface area contributed by atoms with E-state index in [1.165, 1.54) is 15.6 Å². The Morgan fingerprint density at radius 3 is 2.68 bits per heavy atom. The summed E-state index contributed by atoms with van der Waals surface area (Å²) in [6.45, 7) is 4.31. The number of halogens is 1. The SMILES string of the molecule is C=CCN(Cc1cccs1)S(=O)(=O)c1ccc(Br)s1. The fourth-order valence-electron chi connectivity index (χ4n) is 1.53. The average molecular weight is 378 g/mol. The molecular formula is C12H12BrNO2S3. The van der Waals surface area contributed by atoms with E-state index in [0.29, 0.717) is 17.3 Å². The lowest BCUT2D eigenvalue weighted by Gasteiger charge is -2.18. The van der Waals surface area contributed by atoms with E-state index in [0.717, 1.165) is 8.66 Å². The minimum atomic E-state index is -3.46. The molecule has 0 aliphatic heterocycles. The zero-order valence-electron chi connectivity index (χ0n) is 9.95. The highest BCUT2D eigenvalue weighted by molar-refractivity contribution is 9.11. The Labute approximate surface area is 129 Å². The molecule has 0 amide bonds. The summed E-state index contributed by atoms with van der Waals surface area (Å²) in [5.74, 6) is 0. The second-order valence-corrected chi connectivity index (χ2v) is 9.38. The first kappa shape index (κ1) is 14.9. The molecule has 7 heteroatoms. The van der Waals surface area contributed by atoms with Crippen LogP contribution < -0.4 is 0 Å². The number of sulfonamides is 1. The van der Waals surface area contributed by atoms with Crippen molar-refractivity contribution in [2.24, 2.45) is 0 Å². The molecule has 0 N–H and O–H groups in total. The van der Waals surface area contributed by atoms with Crippen molar-refractivity contribution >= 4 is 48.6 Å². The minimum absolute atomic E-state index is 0.301. The molecule has 2 aromatic rings. The molecule has 0 aliphatic rings. The first-order valence-corrected chi connectivity index (χ1v) is 9.35. The fraction of sp³-hybridized carbons (Fsp3) is 0.167. The van der Waals surface area contributed by atoms with Crippen LogP contribution in [0.25, 0.3) is 0 Å². The molecule has 19 heavy (non-hydrogen) atoms. The lowest BCUT2D eigenvalue weighted by atomic mass is 10.4. The molecule has 102 valence electrons. The topological polar surface area (TPSA) is 37.4 Å². The average Bonchev–Trinajstić information content (AvgIpc) is 3.00. The van der Waals surface area contributed by atoms with Crippen LogP contribution in [0.3, 0.4) is 0 Å². The quantitative estimate of drug-likeness (QED) is 0.714. The van der Waals surface area contributed by atoms with Crippen molar-refractivity contribution in [3.05, 3.63) is 51.0 Å². The van der Waals surface area contributed by atoms with Gasteiger partial charge in [-0.15, -0.1) is 29.3 Å². The molecule has 3 nitrogen and oxygen atoms in total. The van der Waals surface area contributed by atoms with E-state index >= 15 is 0 Å². The summed E-state index contributed by atoms with van der Waals surface area (Å²) in [7, 11) is -3.46. The maximum Gasteiger partial charge on any atom is 0.253 e. The van der Waals surface area contributed by atoms with Crippen molar-refractivity contribution in [2.45, 2.75) is 10.8 Å². The summed E-state index contributed by atoms with van der Waals surface area (Å²) in [5.41, 5.74) is 0. The van der Waals surface area contributed by atoms with Crippen molar-refractivity contribution in [2.75, 3.05) is 6.54 Å². The molecule has 2 rings (SSSR count). The number of thiophene rings is 2. The third-order valence-corrected chi connectivity index (χ3v) is 7.15. The summed E-state index contributed by atoms with van der Waals surface area (Å²) in [5, 5.41) is 1.94. The van der Waals surface area contributed by atoms with Gasteiger partial charge in [0.05, 0.1) is 3.79 Å². The molecule has 0 unspecified atom stereocenters. The van der Waals surface area contributed by atoms with Crippen molar-refractivity contribution in [3.63, 3.8) is 0 Å². The summed E-state index contributed by atoms with van der Waals surface area (Å²) >= 11 is 6.06. The number of rotatable bonds is 6. The Bertz CT molecular complexity index is 646. The number of hydrogen-bond donors (Lipinski definition) is 0. The van der Waals surface area contributed by atoms with Crippen LogP contribution in [-0.2, 0) is 16.6 Å². The van der Waals surface area contributed by atoms with Crippen molar-refractivity contribution in [1.29, 1.82) is 0 Å². The van der Waals surface area contributed by atoms with Gasteiger partial charge in [-0.1, -0.05) is 12.1 Å². The first-order chi connectivity index (χ1) is 9.04. The lowest BCUT2D eigenvalue weighted by molar-refractivity contribution is 0.443. The van der Waals surface area contributed by atoms with Crippen LogP contribution in [0.5, 0.6) is 0 Å². The molecule has 0 saturated carbocycles. The molecule has 2 aromatic heterocycles. The third-order valence-electron chi connectivity index (χ3n) is 2.39. The van der Waals surface area contributed by atoms with E-state index in [1.54, 1.807) is 29.5 Å². The van der Waals surface area contributed by atoms with E-state index in [9.17, 15) is 8.42 Å². The highest BCUT2D eigenvalue weighted by Gasteiger charge is 2.25. The van der Waals surface area contributed by atoms with Crippen LogP contribution in [-0.4, -0.2) is 19.3 Å². The molecule has 0 fully saturated rings. The Hall–Kier alpha value is -0.470. The Balaban J connectivity index is 2.30. The second kappa shape index (κ2) is 6.32. The van der Waals surface area contributed by atoms with Gasteiger partial charge in [0.15, 0.2) is 0 Å². The van der Waals surface area contributed by atoms with Gasteiger partial charge in [0.1, 0.15) is 4.21 Å². The summed E-state index contributed by atoms with van der Waals surface area (Å²) in [4.78, 5) is 1.01. The van der Waals surface area contributed by atoms with E-state index < -0.39 is 10.0 Å². The van der Waals surface area contributed by atoms with Crippen LogP contribution in [0.1, 0.15) is 4.88 Å². The maximum absolute atomic E-state index is 12.5. The molecule has 0 atom stereocenters. The standard InChI is InChI=1S/C12H12BrNO2S3/c1-2-7-14(9-10-4-3-8-17-10)19(15,16)12-6-5-11(13)18-12/h2-6,8H,1,7,9H2. The molecule has 0 aliphatic carbocycles. The maximum atomic E-state index is 12.5. The van der Waals surface area contributed by atoms with Crippen LogP contribution >= 0.6 is 38.6 Å². The van der Waals surface area contributed by atoms with E-state index in [1.807, 2.05) is 17.5 Å². The highest BCUT2D eigenvalue weighted by atomic mass is 79.9. The van der Waals surface area contributed by atoms with Crippen molar-refractivity contribution < 1.29 is 8.42 Å². The van der Waals surface area contributed by atoms with Gasteiger partial charge in [-0.05, 0) is 39.5 Å². The zero-order chi connectivity index (χ0) is 13.9. The summed E-state index contributed by atoms with van der Waals surface area (Å²) < 4.78 is 27.7. The number of nitrogens with zero attached hydrogens (tertiary/aromatic N) is 1. The molecular weight excluding hydrogens is 366 g/mol. The molecule has 0 bridgehead atoms. The van der Waals surface area contributed by atoms with Gasteiger partial charge in [-0.2, -0.15) is 4.31 Å². The smallest absolute Gasteiger partial charge is 0.206 e. The highest BCUT2D eigenvalue weighted by Crippen LogP contribution is 2.29. The molecule has 0 saturated heterocycles. The van der Waals surface area contributed by atoms with E-state index in [-0.39, 0.29) is 0 Å². The largest absolute Gasteiger partial charge is 0.253 e. The second-order valence-electron chi connectivity index (χ2n) is 3.72. The van der Waals surface area contributed by atoms with Crippen molar-refractivity contribution in [3.8, 4) is 0 Å². The van der Waals surface area contributed by atoms with Gasteiger partial charge in [0.25, 0.3) is 10.0 Å². The van der Waals surface area contributed by atoms with Gasteiger partial charge in [0.2, 0.25) is 0 Å². The predicted molar refractivity (Wildman–Crippen MR) is 84.1 cm³/mol. The summed E-state index contributed by atoms with van der Waals surface area (Å²) in [6, 6.07) is 7.21. The summed E-state index contributed by atoms with van der Waals surface area (Å²) in [6.07, 6.45) is 1.60. The van der Waals surface area contributed by atoms with E-state index in [2.05, 4.69) is 22.5 Å². The van der Waals surface area contributed by atoms with Crippen LogP contribution in [0, 0.1) is 0 Å². The fourth-order valence-corrected chi connectivity index (χ4v) is 5.89. The van der Waals surface area contributed by atoms with Gasteiger partial charge in [-0.3, -0.25) is 0 Å². The Kier molecular flexibility index (Phi) is 4.97. The van der Waals surface area contributed by atoms with Crippen LogP contribution in [0.15, 0.2) is 50.3 Å². The van der Waals surface area contributed by atoms with Crippen LogP contribution in [0.4, 0.5) is 0 Å². The molecule has 0 spiro atoms. The first-order valence-electron chi connectivity index (χ1n) is 5.43. The predicted octanol–water partition coefficient (Wildman–Crippen LogP) is 3.95. The Morgan fingerprint density at radius 2 is 2.16 bits per heavy atom. The lowest BCUT2D eigenvalue weighted by Crippen LogP contribution is -2.29. The monoisotopic (exact) mass is 377 g/mol. The van der Waals surface area contributed by atoms with E-state index in [4.69, 9.17) is 0 Å². The van der Waals surface area contributed by atoms with Gasteiger partial charge < -0.3 is 0 Å². The van der Waals surface area contributed by atoms with Crippen molar-refractivity contribution in [1.82, 2.24) is 4.31 Å². The molecule has 0 radical (unpaired) electrons. The minimum Gasteiger partial charge on any atom is -0.206 e. The van der Waals surface area contributed by atoms with Gasteiger partial charge >= 0.3 is 0 Å². The normalized spacial score (nSPS) is 11.9. The molecule has 0 aromatic carbocycles. The third kappa shape index (κ3) is 3.55.